The normalized spacial score (nSPS) is 18.0. The summed E-state index contributed by atoms with van der Waals surface area (Å²) in [4.78, 5) is 0. The Kier molecular flexibility index (Phi) is 3.77. The van der Waals surface area contributed by atoms with Crippen LogP contribution in [0.15, 0.2) is 0 Å². The Balaban J connectivity index is 3.29. The van der Waals surface area contributed by atoms with E-state index in [1.807, 2.05) is 0 Å². The third-order valence-corrected chi connectivity index (χ3v) is 0.843. The van der Waals surface area contributed by atoms with Gasteiger partial charge >= 0.3 is 0 Å². The molecule has 3 N–H and O–H groups in total. The van der Waals surface area contributed by atoms with Crippen molar-refractivity contribution >= 4 is 0 Å². The molecular formula is C5H10O3. The van der Waals surface area contributed by atoms with E-state index in [1.54, 1.807) is 0 Å². The molecule has 0 saturated heterocycles. The topological polar surface area (TPSA) is 60.7 Å². The van der Waals surface area contributed by atoms with Crippen LogP contribution in [0.5, 0.6) is 0 Å². The maximum Gasteiger partial charge on any atom is 0.111 e. The molecule has 3 heteroatoms. The van der Waals surface area contributed by atoms with Crippen LogP contribution in [0.2, 0.25) is 0 Å². The molecule has 0 saturated carbocycles. The first-order valence-corrected chi connectivity index (χ1v) is 2.35. The molecule has 8 heavy (non-hydrogen) atoms. The molecule has 0 aliphatic rings. The van der Waals surface area contributed by atoms with Gasteiger partial charge in [-0.3, -0.25) is 0 Å². The van der Waals surface area contributed by atoms with Gasteiger partial charge in [-0.05, 0) is 6.42 Å². The van der Waals surface area contributed by atoms with E-state index < -0.39 is 12.2 Å². The lowest BCUT2D eigenvalue weighted by Crippen LogP contribution is -2.25. The van der Waals surface area contributed by atoms with Gasteiger partial charge in [0, 0.05) is 0 Å². The Morgan fingerprint density at radius 2 is 2.00 bits per heavy atom. The highest BCUT2D eigenvalue weighted by Crippen LogP contribution is 1.97. The van der Waals surface area contributed by atoms with Crippen LogP contribution in [0, 0.1) is 13.5 Å². The first-order valence-electron chi connectivity index (χ1n) is 2.35. The van der Waals surface area contributed by atoms with E-state index in [9.17, 15) is 0 Å². The highest BCUT2D eigenvalue weighted by Gasteiger charge is 2.11. The van der Waals surface area contributed by atoms with E-state index in [-0.39, 0.29) is 6.42 Å². The summed E-state index contributed by atoms with van der Waals surface area (Å²) in [5.41, 5.74) is 0. The van der Waals surface area contributed by atoms with Crippen molar-refractivity contribution in [1.29, 1.82) is 0 Å². The van der Waals surface area contributed by atoms with Crippen LogP contribution in [0.4, 0.5) is 0 Å². The highest BCUT2D eigenvalue weighted by atomic mass is 16.4. The molecule has 2 radical (unpaired) electrons. The second kappa shape index (κ2) is 3.83. The van der Waals surface area contributed by atoms with E-state index in [2.05, 4.69) is 6.92 Å². The molecule has 2 atom stereocenters. The third-order valence-electron chi connectivity index (χ3n) is 0.843. The van der Waals surface area contributed by atoms with Crippen molar-refractivity contribution in [3.63, 3.8) is 0 Å². The summed E-state index contributed by atoms with van der Waals surface area (Å²) in [6.07, 6.45) is -1.91. The predicted molar refractivity (Wildman–Crippen MR) is 28.2 cm³/mol. The van der Waals surface area contributed by atoms with Gasteiger partial charge in [0.15, 0.2) is 0 Å². The maximum absolute atomic E-state index is 8.62. The molecule has 0 aliphatic carbocycles. The Bertz CT molecular complexity index is 47.6. The molecule has 0 heterocycles. The molecule has 2 unspecified atom stereocenters. The summed E-state index contributed by atoms with van der Waals surface area (Å²) in [7, 11) is 0. The average molecular weight is 118 g/mol. The van der Waals surface area contributed by atoms with Crippen LogP contribution in [-0.4, -0.2) is 27.5 Å². The van der Waals surface area contributed by atoms with E-state index in [0.717, 1.165) is 0 Å². The quantitative estimate of drug-likeness (QED) is 0.466. The van der Waals surface area contributed by atoms with Crippen LogP contribution >= 0.6 is 0 Å². The minimum atomic E-state index is -1.16. The second-order valence-corrected chi connectivity index (χ2v) is 1.50. The lowest BCUT2D eigenvalue weighted by Gasteiger charge is -2.11. The lowest BCUT2D eigenvalue weighted by atomic mass is 10.2. The Morgan fingerprint density at radius 1 is 1.50 bits per heavy atom. The van der Waals surface area contributed by atoms with E-state index in [1.165, 1.54) is 0 Å². The summed E-state index contributed by atoms with van der Waals surface area (Å²) in [6, 6.07) is 0. The molecule has 3 nitrogen and oxygen atoms in total. The zero-order valence-corrected chi connectivity index (χ0v) is 4.49. The summed E-state index contributed by atoms with van der Waals surface area (Å²) in [5.74, 6) is 0. The minimum Gasteiger partial charge on any atom is -0.390 e. The molecule has 0 aromatic heterocycles. The molecule has 0 rings (SSSR count). The number of aliphatic hydroxyl groups excluding tert-OH is 3. The van der Waals surface area contributed by atoms with Gasteiger partial charge in [0.25, 0.3) is 0 Å². The zero-order chi connectivity index (χ0) is 6.57. The average Bonchev–Trinajstić information content (AvgIpc) is 1.84. The van der Waals surface area contributed by atoms with Gasteiger partial charge < -0.3 is 15.3 Å². The monoisotopic (exact) mass is 118 g/mol. The zero-order valence-electron chi connectivity index (χ0n) is 4.49. The van der Waals surface area contributed by atoms with Crippen LogP contribution in [0.3, 0.4) is 0 Å². The van der Waals surface area contributed by atoms with Crippen LogP contribution in [0.1, 0.15) is 6.42 Å². The van der Waals surface area contributed by atoms with E-state index in [4.69, 9.17) is 15.3 Å². The molecule has 0 amide bonds. The summed E-state index contributed by atoms with van der Waals surface area (Å²) >= 11 is 0. The second-order valence-electron chi connectivity index (χ2n) is 1.50. The van der Waals surface area contributed by atoms with Crippen molar-refractivity contribution in [3.8, 4) is 0 Å². The minimum absolute atomic E-state index is 0.193. The summed E-state index contributed by atoms with van der Waals surface area (Å²) in [6.45, 7) is 3.85. The molecule has 0 aromatic rings. The smallest absolute Gasteiger partial charge is 0.111 e. The molecule has 0 fully saturated rings. The fraction of sp³-hybridized carbons (Fsp3) is 0.600. The predicted octanol–water partition coefficient (Wildman–Crippen LogP) is -0.533. The molecule has 0 spiro atoms. The molecule has 48 valence electrons. The van der Waals surface area contributed by atoms with Gasteiger partial charge in [-0.15, -0.1) is 0 Å². The van der Waals surface area contributed by atoms with Crippen molar-refractivity contribution in [2.45, 2.75) is 18.6 Å². The highest BCUT2D eigenvalue weighted by molar-refractivity contribution is 4.73. The SMILES string of the molecule is [CH2]CC(O)C(O)[CH]O. The van der Waals surface area contributed by atoms with Crippen LogP contribution in [0.25, 0.3) is 0 Å². The largest absolute Gasteiger partial charge is 0.390 e. The first-order chi connectivity index (χ1) is 3.72. The Labute approximate surface area is 48.6 Å². The molecule has 0 aliphatic heterocycles. The van der Waals surface area contributed by atoms with Crippen molar-refractivity contribution in [2.24, 2.45) is 0 Å². The molecular weight excluding hydrogens is 108 g/mol. The Hall–Kier alpha value is -0.120. The number of aliphatic hydroxyl groups is 3. The van der Waals surface area contributed by atoms with Gasteiger partial charge in [-0.1, -0.05) is 6.92 Å². The van der Waals surface area contributed by atoms with Crippen LogP contribution in [-0.2, 0) is 0 Å². The fourth-order valence-corrected chi connectivity index (χ4v) is 0.270. The number of hydrogen-bond donors (Lipinski definition) is 3. The van der Waals surface area contributed by atoms with E-state index in [0.29, 0.717) is 6.61 Å². The lowest BCUT2D eigenvalue weighted by molar-refractivity contribution is 0.0152. The third kappa shape index (κ3) is 2.26. The number of hydrogen-bond acceptors (Lipinski definition) is 3. The number of rotatable bonds is 3. The van der Waals surface area contributed by atoms with Crippen molar-refractivity contribution in [3.05, 3.63) is 13.5 Å². The van der Waals surface area contributed by atoms with Gasteiger partial charge in [-0.2, -0.15) is 0 Å². The van der Waals surface area contributed by atoms with Crippen molar-refractivity contribution in [2.75, 3.05) is 0 Å². The fourth-order valence-electron chi connectivity index (χ4n) is 0.270. The van der Waals surface area contributed by atoms with Crippen LogP contribution < -0.4 is 0 Å². The molecule has 0 aromatic carbocycles. The van der Waals surface area contributed by atoms with E-state index >= 15 is 0 Å². The van der Waals surface area contributed by atoms with Gasteiger partial charge in [0.05, 0.1) is 6.10 Å². The molecule has 0 bridgehead atoms. The first kappa shape index (κ1) is 7.88. The summed E-state index contributed by atoms with van der Waals surface area (Å²) < 4.78 is 0. The van der Waals surface area contributed by atoms with Gasteiger partial charge in [-0.25, -0.2) is 0 Å². The Morgan fingerprint density at radius 3 is 2.12 bits per heavy atom. The van der Waals surface area contributed by atoms with Crippen molar-refractivity contribution < 1.29 is 15.3 Å². The van der Waals surface area contributed by atoms with Gasteiger partial charge in [0.2, 0.25) is 0 Å². The standard InChI is InChI=1S/C5H10O3/c1-2-4(7)5(8)3-6/h3-8H,1-2H2. The maximum atomic E-state index is 8.62. The van der Waals surface area contributed by atoms with Crippen molar-refractivity contribution in [1.82, 2.24) is 0 Å². The summed E-state index contributed by atoms with van der Waals surface area (Å²) in [5, 5.41) is 25.2. The van der Waals surface area contributed by atoms with Gasteiger partial charge in [0.1, 0.15) is 12.7 Å².